The lowest BCUT2D eigenvalue weighted by molar-refractivity contribution is -0.117. The fourth-order valence-corrected chi connectivity index (χ4v) is 3.32. The molecule has 4 rings (SSSR count). The van der Waals surface area contributed by atoms with Gasteiger partial charge in [-0.05, 0) is 48.9 Å². The van der Waals surface area contributed by atoms with E-state index in [0.29, 0.717) is 23.5 Å². The zero-order valence-corrected chi connectivity index (χ0v) is 16.0. The van der Waals surface area contributed by atoms with Gasteiger partial charge in [0.25, 0.3) is 5.91 Å². The Morgan fingerprint density at radius 2 is 1.85 bits per heavy atom. The third kappa shape index (κ3) is 3.78. The van der Waals surface area contributed by atoms with Gasteiger partial charge >= 0.3 is 0 Å². The average molecular weight is 425 g/mol. The van der Waals surface area contributed by atoms with Crippen LogP contribution in [0.5, 0.6) is 0 Å². The topological polar surface area (TPSA) is 78.1 Å². The van der Waals surface area contributed by atoms with Crippen LogP contribution in [0.25, 0.3) is 11.3 Å². The van der Waals surface area contributed by atoms with Crippen molar-refractivity contribution >= 4 is 39.1 Å². The number of anilines is 2. The predicted molar refractivity (Wildman–Crippen MR) is 108 cm³/mol. The van der Waals surface area contributed by atoms with Crippen LogP contribution in [0, 0.1) is 0 Å². The highest BCUT2D eigenvalue weighted by Crippen LogP contribution is 2.24. The Morgan fingerprint density at radius 3 is 2.52 bits per heavy atom. The molecule has 1 aromatic heterocycles. The van der Waals surface area contributed by atoms with Crippen molar-refractivity contribution in [3.63, 3.8) is 0 Å². The molecule has 0 bridgehead atoms. The van der Waals surface area contributed by atoms with Crippen molar-refractivity contribution in [2.75, 3.05) is 16.8 Å². The molecule has 0 spiro atoms. The molecule has 2 amide bonds. The van der Waals surface area contributed by atoms with E-state index in [2.05, 4.69) is 31.4 Å². The number of aromatic amines is 1. The van der Waals surface area contributed by atoms with E-state index in [0.717, 1.165) is 28.7 Å². The van der Waals surface area contributed by atoms with Gasteiger partial charge in [-0.2, -0.15) is 5.10 Å². The van der Waals surface area contributed by atoms with E-state index >= 15 is 0 Å². The lowest BCUT2D eigenvalue weighted by Gasteiger charge is -2.16. The Kier molecular flexibility index (Phi) is 4.77. The Hall–Kier alpha value is -2.93. The fourth-order valence-electron chi connectivity index (χ4n) is 3.05. The van der Waals surface area contributed by atoms with Gasteiger partial charge in [-0.1, -0.05) is 28.1 Å². The van der Waals surface area contributed by atoms with Gasteiger partial charge in [0.1, 0.15) is 5.69 Å². The first-order valence-corrected chi connectivity index (χ1v) is 9.42. The van der Waals surface area contributed by atoms with E-state index in [1.54, 1.807) is 23.1 Å². The molecule has 2 heterocycles. The first kappa shape index (κ1) is 17.5. The number of halogens is 1. The van der Waals surface area contributed by atoms with Crippen LogP contribution >= 0.6 is 15.9 Å². The minimum Gasteiger partial charge on any atom is -0.321 e. The van der Waals surface area contributed by atoms with Gasteiger partial charge in [0.2, 0.25) is 5.91 Å². The van der Waals surface area contributed by atoms with Gasteiger partial charge in [0.15, 0.2) is 0 Å². The number of amides is 2. The Bertz CT molecular complexity index is 980. The van der Waals surface area contributed by atoms with Crippen LogP contribution in [-0.4, -0.2) is 28.6 Å². The number of rotatable bonds is 4. The molecule has 6 nitrogen and oxygen atoms in total. The Morgan fingerprint density at radius 1 is 1.11 bits per heavy atom. The second-order valence-electron chi connectivity index (χ2n) is 6.32. The van der Waals surface area contributed by atoms with E-state index < -0.39 is 0 Å². The maximum atomic E-state index is 12.5. The van der Waals surface area contributed by atoms with Crippen LogP contribution in [0.3, 0.4) is 0 Å². The molecule has 2 N–H and O–H groups in total. The van der Waals surface area contributed by atoms with Crippen LogP contribution in [0.15, 0.2) is 59.1 Å². The summed E-state index contributed by atoms with van der Waals surface area (Å²) < 4.78 is 0.985. The molecular formula is C20H17BrN4O2. The van der Waals surface area contributed by atoms with E-state index in [9.17, 15) is 9.59 Å². The molecule has 1 saturated heterocycles. The highest BCUT2D eigenvalue weighted by atomic mass is 79.9. The third-order valence-electron chi connectivity index (χ3n) is 4.47. The fraction of sp³-hybridized carbons (Fsp3) is 0.150. The first-order valence-electron chi connectivity index (χ1n) is 8.63. The minimum absolute atomic E-state index is 0.143. The first-order chi connectivity index (χ1) is 13.1. The largest absolute Gasteiger partial charge is 0.321 e. The summed E-state index contributed by atoms with van der Waals surface area (Å²) in [4.78, 5) is 26.0. The maximum Gasteiger partial charge on any atom is 0.273 e. The monoisotopic (exact) mass is 424 g/mol. The number of H-pyrrole nitrogens is 1. The zero-order chi connectivity index (χ0) is 18.8. The summed E-state index contributed by atoms with van der Waals surface area (Å²) in [5.41, 5.74) is 3.53. The summed E-state index contributed by atoms with van der Waals surface area (Å²) in [5, 5.41) is 9.82. The highest BCUT2D eigenvalue weighted by Gasteiger charge is 2.21. The summed E-state index contributed by atoms with van der Waals surface area (Å²) in [6.07, 6.45) is 1.48. The lowest BCUT2D eigenvalue weighted by Crippen LogP contribution is -2.23. The van der Waals surface area contributed by atoms with E-state index in [1.807, 2.05) is 36.4 Å². The number of nitrogens with one attached hydrogen (secondary N) is 2. The average Bonchev–Trinajstić information content (AvgIpc) is 3.32. The highest BCUT2D eigenvalue weighted by molar-refractivity contribution is 9.10. The third-order valence-corrected chi connectivity index (χ3v) is 5.00. The number of benzene rings is 2. The molecule has 0 aliphatic carbocycles. The normalized spacial score (nSPS) is 13.8. The summed E-state index contributed by atoms with van der Waals surface area (Å²) in [6.45, 7) is 0.748. The quantitative estimate of drug-likeness (QED) is 0.657. The summed E-state index contributed by atoms with van der Waals surface area (Å²) in [5.74, 6) is -0.124. The molecule has 0 radical (unpaired) electrons. The van der Waals surface area contributed by atoms with Gasteiger partial charge in [-0.25, -0.2) is 0 Å². The summed E-state index contributed by atoms with van der Waals surface area (Å²) in [7, 11) is 0. The van der Waals surface area contributed by atoms with Crippen molar-refractivity contribution in [3.05, 3.63) is 64.8 Å². The second kappa shape index (κ2) is 7.36. The van der Waals surface area contributed by atoms with Crippen molar-refractivity contribution < 1.29 is 9.59 Å². The number of carbonyl (C=O) groups is 2. The van der Waals surface area contributed by atoms with Gasteiger partial charge < -0.3 is 10.2 Å². The van der Waals surface area contributed by atoms with Crippen molar-refractivity contribution in [1.82, 2.24) is 10.2 Å². The lowest BCUT2D eigenvalue weighted by atomic mass is 10.1. The SMILES string of the molecule is O=C(Nc1ccc(N2CCCC2=O)cc1)c1cc(-c2ccc(Br)cc2)n[nH]1. The Balaban J connectivity index is 1.45. The molecule has 0 saturated carbocycles. The van der Waals surface area contributed by atoms with Crippen LogP contribution in [0.4, 0.5) is 11.4 Å². The van der Waals surface area contributed by atoms with Gasteiger partial charge in [-0.3, -0.25) is 14.7 Å². The van der Waals surface area contributed by atoms with Crippen molar-refractivity contribution in [3.8, 4) is 11.3 Å². The smallest absolute Gasteiger partial charge is 0.273 e. The van der Waals surface area contributed by atoms with Crippen LogP contribution in [0.2, 0.25) is 0 Å². The van der Waals surface area contributed by atoms with Crippen LogP contribution < -0.4 is 10.2 Å². The van der Waals surface area contributed by atoms with Gasteiger partial charge in [0.05, 0.1) is 5.69 Å². The van der Waals surface area contributed by atoms with Crippen molar-refractivity contribution in [2.24, 2.45) is 0 Å². The van der Waals surface area contributed by atoms with Crippen LogP contribution in [-0.2, 0) is 4.79 Å². The molecule has 3 aromatic rings. The van der Waals surface area contributed by atoms with E-state index in [-0.39, 0.29) is 11.8 Å². The van der Waals surface area contributed by atoms with Gasteiger partial charge in [0, 0.05) is 34.4 Å². The number of hydrogen-bond donors (Lipinski definition) is 2. The van der Waals surface area contributed by atoms with Crippen molar-refractivity contribution in [1.29, 1.82) is 0 Å². The molecule has 1 aliphatic rings. The van der Waals surface area contributed by atoms with Crippen molar-refractivity contribution in [2.45, 2.75) is 12.8 Å². The van der Waals surface area contributed by atoms with E-state index in [1.165, 1.54) is 0 Å². The summed E-state index contributed by atoms with van der Waals surface area (Å²) in [6, 6.07) is 16.7. The minimum atomic E-state index is -0.268. The number of aromatic nitrogens is 2. The molecule has 1 fully saturated rings. The maximum absolute atomic E-state index is 12.5. The number of nitrogens with zero attached hydrogens (tertiary/aromatic N) is 2. The zero-order valence-electron chi connectivity index (χ0n) is 14.4. The molecule has 0 unspecified atom stereocenters. The number of hydrogen-bond acceptors (Lipinski definition) is 3. The second-order valence-corrected chi connectivity index (χ2v) is 7.24. The van der Waals surface area contributed by atoms with Gasteiger partial charge in [-0.15, -0.1) is 0 Å². The standard InChI is InChI=1S/C20H17BrN4O2/c21-14-5-3-13(4-6-14)17-12-18(24-23-17)20(27)22-15-7-9-16(10-8-15)25-11-1-2-19(25)26/h3-10,12H,1-2,11H2,(H,22,27)(H,23,24). The molecule has 0 atom stereocenters. The van der Waals surface area contributed by atoms with E-state index in [4.69, 9.17) is 0 Å². The molecule has 1 aliphatic heterocycles. The molecule has 136 valence electrons. The molecule has 7 heteroatoms. The molecule has 2 aromatic carbocycles. The summed E-state index contributed by atoms with van der Waals surface area (Å²) >= 11 is 3.40. The predicted octanol–water partition coefficient (Wildman–Crippen LogP) is 4.22. The molecule has 27 heavy (non-hydrogen) atoms. The number of carbonyl (C=O) groups excluding carboxylic acids is 2. The molecular weight excluding hydrogens is 408 g/mol. The van der Waals surface area contributed by atoms with Crippen LogP contribution in [0.1, 0.15) is 23.3 Å². The Labute approximate surface area is 164 Å².